The van der Waals surface area contributed by atoms with Crippen molar-refractivity contribution in [3.8, 4) is 12.3 Å². The summed E-state index contributed by atoms with van der Waals surface area (Å²) in [5.74, 6) is 3.43. The van der Waals surface area contributed by atoms with E-state index in [-0.39, 0.29) is 11.8 Å². The first-order valence-corrected chi connectivity index (χ1v) is 10.6. The predicted octanol–water partition coefficient (Wildman–Crippen LogP) is 3.51. The number of hydrogen-bond acceptors (Lipinski definition) is 6. The fraction of sp³-hybridized carbons (Fsp3) is 0.273. The molecule has 7 nitrogen and oxygen atoms in total. The molecule has 150 valence electrons. The standard InChI is InChI=1S/C22H20N6OS/c1-3-8-28(2)22(29)13-4-6-16-18(10-13)30-21-19(16)20(23-12-24-21)26-15-5-7-17-14(9-15)11-25-27-17/h1,5,7,9,11-13H,4,6,8,10H2,2H3,(H,25,27)(H,23,24,26)/t13-/m0/s1. The maximum atomic E-state index is 12.7. The fourth-order valence-corrected chi connectivity index (χ4v) is 5.37. The van der Waals surface area contributed by atoms with E-state index in [4.69, 9.17) is 6.42 Å². The van der Waals surface area contributed by atoms with Crippen LogP contribution in [-0.2, 0) is 17.6 Å². The highest BCUT2D eigenvalue weighted by Gasteiger charge is 2.30. The van der Waals surface area contributed by atoms with Crippen LogP contribution in [0.3, 0.4) is 0 Å². The van der Waals surface area contributed by atoms with Crippen LogP contribution in [0.4, 0.5) is 11.5 Å². The minimum atomic E-state index is -0.0308. The van der Waals surface area contributed by atoms with Gasteiger partial charge in [-0.3, -0.25) is 9.89 Å². The van der Waals surface area contributed by atoms with Gasteiger partial charge in [0.1, 0.15) is 17.0 Å². The van der Waals surface area contributed by atoms with Gasteiger partial charge >= 0.3 is 0 Å². The number of thiophene rings is 1. The lowest BCUT2D eigenvalue weighted by molar-refractivity contribution is -0.133. The summed E-state index contributed by atoms with van der Waals surface area (Å²) < 4.78 is 0. The van der Waals surface area contributed by atoms with Crippen molar-refractivity contribution in [1.82, 2.24) is 25.1 Å². The minimum absolute atomic E-state index is 0.0308. The molecule has 1 aromatic carbocycles. The van der Waals surface area contributed by atoms with E-state index in [0.29, 0.717) is 6.54 Å². The van der Waals surface area contributed by atoms with E-state index in [1.54, 1.807) is 35.8 Å². The highest BCUT2D eigenvalue weighted by molar-refractivity contribution is 7.19. The van der Waals surface area contributed by atoms with E-state index in [9.17, 15) is 4.79 Å². The Morgan fingerprint density at radius 3 is 3.20 bits per heavy atom. The topological polar surface area (TPSA) is 86.8 Å². The number of amides is 1. The van der Waals surface area contributed by atoms with E-state index in [0.717, 1.165) is 51.9 Å². The van der Waals surface area contributed by atoms with Gasteiger partial charge in [-0.2, -0.15) is 5.10 Å². The third-order valence-electron chi connectivity index (χ3n) is 5.60. The smallest absolute Gasteiger partial charge is 0.226 e. The van der Waals surface area contributed by atoms with Gasteiger partial charge in [0.05, 0.1) is 23.6 Å². The first-order valence-electron chi connectivity index (χ1n) is 9.78. The van der Waals surface area contributed by atoms with E-state index >= 15 is 0 Å². The van der Waals surface area contributed by atoms with Gasteiger partial charge in [-0.05, 0) is 43.0 Å². The molecule has 0 unspecified atom stereocenters. The normalized spacial score (nSPS) is 15.7. The molecular weight excluding hydrogens is 396 g/mol. The van der Waals surface area contributed by atoms with Gasteiger partial charge in [0, 0.05) is 28.9 Å². The number of nitrogens with zero attached hydrogens (tertiary/aromatic N) is 4. The number of H-pyrrole nitrogens is 1. The molecule has 4 aromatic rings. The molecule has 8 heteroatoms. The van der Waals surface area contributed by atoms with Gasteiger partial charge in [-0.25, -0.2) is 9.97 Å². The summed E-state index contributed by atoms with van der Waals surface area (Å²) in [4.78, 5) is 25.5. The van der Waals surface area contributed by atoms with Crippen LogP contribution in [0, 0.1) is 18.3 Å². The molecule has 0 fully saturated rings. The second kappa shape index (κ2) is 7.43. The van der Waals surface area contributed by atoms with Crippen LogP contribution in [0.1, 0.15) is 16.9 Å². The number of benzene rings is 1. The highest BCUT2D eigenvalue weighted by atomic mass is 32.1. The van der Waals surface area contributed by atoms with Crippen molar-refractivity contribution in [3.05, 3.63) is 41.2 Å². The Labute approximate surface area is 177 Å². The van der Waals surface area contributed by atoms with Crippen LogP contribution in [-0.4, -0.2) is 44.6 Å². The van der Waals surface area contributed by atoms with E-state index in [1.807, 2.05) is 18.2 Å². The predicted molar refractivity (Wildman–Crippen MR) is 119 cm³/mol. The molecule has 0 bridgehead atoms. The van der Waals surface area contributed by atoms with Crippen LogP contribution < -0.4 is 5.32 Å². The molecule has 0 spiro atoms. The summed E-state index contributed by atoms with van der Waals surface area (Å²) >= 11 is 1.66. The maximum Gasteiger partial charge on any atom is 0.226 e. The Balaban J connectivity index is 1.46. The minimum Gasteiger partial charge on any atom is -0.340 e. The molecule has 3 aromatic heterocycles. The number of rotatable bonds is 4. The molecule has 1 atom stereocenters. The third-order valence-corrected chi connectivity index (χ3v) is 6.76. The molecule has 5 rings (SSSR count). The molecule has 0 radical (unpaired) electrons. The van der Waals surface area contributed by atoms with Crippen molar-refractivity contribution in [2.24, 2.45) is 5.92 Å². The summed E-state index contributed by atoms with van der Waals surface area (Å²) in [5, 5.41) is 12.6. The molecule has 3 heterocycles. The summed E-state index contributed by atoms with van der Waals surface area (Å²) in [5.41, 5.74) is 3.20. The van der Waals surface area contributed by atoms with E-state index in [1.165, 1.54) is 10.4 Å². The molecule has 0 aliphatic heterocycles. The molecule has 1 amide bonds. The largest absolute Gasteiger partial charge is 0.340 e. The molecule has 0 saturated heterocycles. The number of terminal acetylenes is 1. The zero-order valence-corrected chi connectivity index (χ0v) is 17.3. The van der Waals surface area contributed by atoms with Crippen molar-refractivity contribution in [3.63, 3.8) is 0 Å². The number of fused-ring (bicyclic) bond motifs is 4. The van der Waals surface area contributed by atoms with Gasteiger partial charge in [0.2, 0.25) is 5.91 Å². The van der Waals surface area contributed by atoms with Crippen LogP contribution >= 0.6 is 11.3 Å². The van der Waals surface area contributed by atoms with Crippen LogP contribution in [0.25, 0.3) is 21.1 Å². The van der Waals surface area contributed by atoms with Crippen molar-refractivity contribution in [2.45, 2.75) is 19.3 Å². The fourth-order valence-electron chi connectivity index (χ4n) is 4.10. The Bertz CT molecular complexity index is 1300. The van der Waals surface area contributed by atoms with Crippen LogP contribution in [0.5, 0.6) is 0 Å². The number of aromatic nitrogens is 4. The molecule has 30 heavy (non-hydrogen) atoms. The quantitative estimate of drug-likeness (QED) is 0.497. The van der Waals surface area contributed by atoms with Gasteiger partial charge in [0.25, 0.3) is 0 Å². The molecule has 1 aliphatic carbocycles. The number of carbonyl (C=O) groups is 1. The van der Waals surface area contributed by atoms with Crippen molar-refractivity contribution in [1.29, 1.82) is 0 Å². The van der Waals surface area contributed by atoms with Crippen LogP contribution in [0.2, 0.25) is 0 Å². The Morgan fingerprint density at radius 2 is 2.33 bits per heavy atom. The first-order chi connectivity index (χ1) is 14.6. The SMILES string of the molecule is C#CCN(C)C(=O)[C@H]1CCc2c(sc3ncnc(Nc4ccc5[nH]ncc5c4)c23)C1. The lowest BCUT2D eigenvalue weighted by Crippen LogP contribution is -2.35. The number of nitrogens with one attached hydrogen (secondary N) is 2. The van der Waals surface area contributed by atoms with Crippen LogP contribution in [0.15, 0.2) is 30.7 Å². The summed E-state index contributed by atoms with van der Waals surface area (Å²) in [6, 6.07) is 6.04. The molecule has 1 aliphatic rings. The van der Waals surface area contributed by atoms with Crippen molar-refractivity contribution in [2.75, 3.05) is 18.9 Å². The highest BCUT2D eigenvalue weighted by Crippen LogP contribution is 2.40. The van der Waals surface area contributed by atoms with E-state index in [2.05, 4.69) is 31.4 Å². The van der Waals surface area contributed by atoms with Gasteiger partial charge in [-0.15, -0.1) is 17.8 Å². The number of aromatic amines is 1. The Hall–Kier alpha value is -3.44. The monoisotopic (exact) mass is 416 g/mol. The second-order valence-electron chi connectivity index (χ2n) is 7.54. The number of anilines is 2. The van der Waals surface area contributed by atoms with Gasteiger partial charge in [-0.1, -0.05) is 5.92 Å². The average molecular weight is 417 g/mol. The lowest BCUT2D eigenvalue weighted by Gasteiger charge is -2.25. The van der Waals surface area contributed by atoms with Crippen molar-refractivity contribution >= 4 is 49.9 Å². The second-order valence-corrected chi connectivity index (χ2v) is 8.63. The Morgan fingerprint density at radius 1 is 1.43 bits per heavy atom. The maximum absolute atomic E-state index is 12.7. The summed E-state index contributed by atoms with van der Waals surface area (Å²) in [7, 11) is 1.77. The lowest BCUT2D eigenvalue weighted by atomic mass is 9.87. The van der Waals surface area contributed by atoms with Crippen molar-refractivity contribution < 1.29 is 4.79 Å². The molecule has 2 N–H and O–H groups in total. The van der Waals surface area contributed by atoms with Gasteiger partial charge < -0.3 is 10.2 Å². The number of carbonyl (C=O) groups excluding carboxylic acids is 1. The zero-order chi connectivity index (χ0) is 20.7. The number of aryl methyl sites for hydroxylation is 1. The van der Waals surface area contributed by atoms with Gasteiger partial charge in [0.15, 0.2) is 0 Å². The van der Waals surface area contributed by atoms with E-state index < -0.39 is 0 Å². The number of hydrogen-bond donors (Lipinski definition) is 2. The molecular formula is C22H20N6OS. The average Bonchev–Trinajstić information content (AvgIpc) is 3.37. The molecule has 0 saturated carbocycles. The zero-order valence-electron chi connectivity index (χ0n) is 16.5. The summed E-state index contributed by atoms with van der Waals surface area (Å²) in [6.45, 7) is 0.342. The summed E-state index contributed by atoms with van der Waals surface area (Å²) in [6.07, 6.45) is 11.1. The Kier molecular flexibility index (Phi) is 4.60. The third kappa shape index (κ3) is 3.17. The first kappa shape index (κ1) is 18.6.